The lowest BCUT2D eigenvalue weighted by molar-refractivity contribution is 0.0561. The maximum absolute atomic E-state index is 11.3. The van der Waals surface area contributed by atoms with E-state index in [0.717, 1.165) is 0 Å². The molecule has 0 fully saturated rings. The lowest BCUT2D eigenvalue weighted by Gasteiger charge is -2.04. The molecule has 3 N–H and O–H groups in total. The van der Waals surface area contributed by atoms with Gasteiger partial charge < -0.3 is 19.6 Å². The molecule has 0 bridgehead atoms. The largest absolute Gasteiger partial charge is 0.486 e. The van der Waals surface area contributed by atoms with Gasteiger partial charge in [-0.3, -0.25) is 0 Å². The van der Waals surface area contributed by atoms with Crippen LogP contribution in [0.1, 0.15) is 21.9 Å². The zero-order valence-electron chi connectivity index (χ0n) is 12.3. The molecule has 0 spiro atoms. The third-order valence-corrected chi connectivity index (χ3v) is 2.68. The van der Waals surface area contributed by atoms with E-state index >= 15 is 0 Å². The number of nitrogens with one attached hydrogen (secondary N) is 1. The van der Waals surface area contributed by atoms with Crippen LogP contribution in [0, 0.1) is 0 Å². The number of furan rings is 1. The Morgan fingerprint density at radius 2 is 2.17 bits per heavy atom. The summed E-state index contributed by atoms with van der Waals surface area (Å²) in [5, 5.41) is 3.66. The van der Waals surface area contributed by atoms with Crippen LogP contribution in [0.3, 0.4) is 0 Å². The molecule has 0 unspecified atom stereocenters. The second-order valence-electron chi connectivity index (χ2n) is 4.35. The Hall–Kier alpha value is -3.29. The summed E-state index contributed by atoms with van der Waals surface area (Å²) in [6.07, 6.45) is 1.43. The molecule has 8 heteroatoms. The second kappa shape index (κ2) is 7.64. The topological polar surface area (TPSA) is 116 Å². The minimum absolute atomic E-state index is 0.115. The summed E-state index contributed by atoms with van der Waals surface area (Å²) in [6, 6.07) is 9.43. The van der Waals surface area contributed by atoms with Crippen LogP contribution in [0.5, 0.6) is 5.75 Å². The molecule has 0 aliphatic heterocycles. The van der Waals surface area contributed by atoms with Gasteiger partial charge in [0.05, 0.1) is 13.3 Å². The third kappa shape index (κ3) is 4.88. The number of amides is 2. The standard InChI is InChI=1S/C15H15N3O5/c1-21-14(19)13-6-5-12(23-13)9-22-11-4-2-3-10(7-11)8-17-18-15(16)20/h2-8H,9H2,1H3,(H3,16,18,20). The molecule has 0 aliphatic rings. The first kappa shape index (κ1) is 16.1. The number of hydrogen-bond acceptors (Lipinski definition) is 6. The molecule has 2 rings (SSSR count). The number of ether oxygens (including phenoxy) is 2. The van der Waals surface area contributed by atoms with E-state index in [1.807, 2.05) is 0 Å². The van der Waals surface area contributed by atoms with Crippen LogP contribution in [0.25, 0.3) is 0 Å². The van der Waals surface area contributed by atoms with Crippen LogP contribution in [-0.4, -0.2) is 25.3 Å². The van der Waals surface area contributed by atoms with Crippen LogP contribution in [-0.2, 0) is 11.3 Å². The smallest absolute Gasteiger partial charge is 0.373 e. The van der Waals surface area contributed by atoms with Gasteiger partial charge in [0.1, 0.15) is 18.1 Å². The molecular formula is C15H15N3O5. The van der Waals surface area contributed by atoms with Gasteiger partial charge in [0.2, 0.25) is 5.76 Å². The zero-order chi connectivity index (χ0) is 16.7. The van der Waals surface area contributed by atoms with Gasteiger partial charge >= 0.3 is 12.0 Å². The number of esters is 1. The summed E-state index contributed by atoms with van der Waals surface area (Å²) < 4.78 is 15.4. The van der Waals surface area contributed by atoms with Crippen molar-refractivity contribution in [2.45, 2.75) is 6.61 Å². The molecule has 2 aromatic rings. The van der Waals surface area contributed by atoms with Crippen molar-refractivity contribution in [3.05, 3.63) is 53.5 Å². The van der Waals surface area contributed by atoms with Crippen molar-refractivity contribution in [3.63, 3.8) is 0 Å². The number of carbonyl (C=O) groups is 2. The Bertz CT molecular complexity index is 723. The van der Waals surface area contributed by atoms with Crippen LogP contribution >= 0.6 is 0 Å². The highest BCUT2D eigenvalue weighted by atomic mass is 16.5. The number of nitrogens with two attached hydrogens (primary N) is 1. The van der Waals surface area contributed by atoms with E-state index in [0.29, 0.717) is 17.1 Å². The normalized spacial score (nSPS) is 10.5. The van der Waals surface area contributed by atoms with Gasteiger partial charge in [-0.05, 0) is 29.8 Å². The Kier molecular flexibility index (Phi) is 5.35. The molecule has 0 atom stereocenters. The fraction of sp³-hybridized carbons (Fsp3) is 0.133. The quantitative estimate of drug-likeness (QED) is 0.477. The third-order valence-electron chi connectivity index (χ3n) is 2.68. The Labute approximate surface area is 131 Å². The number of urea groups is 1. The van der Waals surface area contributed by atoms with Gasteiger partial charge in [-0.15, -0.1) is 0 Å². The van der Waals surface area contributed by atoms with Crippen molar-refractivity contribution < 1.29 is 23.5 Å². The van der Waals surface area contributed by atoms with Crippen LogP contribution < -0.4 is 15.9 Å². The predicted octanol–water partition coefficient (Wildman–Crippen LogP) is 1.65. The highest BCUT2D eigenvalue weighted by Gasteiger charge is 2.11. The van der Waals surface area contributed by atoms with Crippen LogP contribution in [0.15, 0.2) is 45.9 Å². The van der Waals surface area contributed by atoms with E-state index in [2.05, 4.69) is 15.3 Å². The second-order valence-corrected chi connectivity index (χ2v) is 4.35. The van der Waals surface area contributed by atoms with Crippen molar-refractivity contribution in [1.29, 1.82) is 0 Å². The minimum atomic E-state index is -0.743. The molecule has 0 saturated carbocycles. The highest BCUT2D eigenvalue weighted by Crippen LogP contribution is 2.16. The summed E-state index contributed by atoms with van der Waals surface area (Å²) in [7, 11) is 1.28. The van der Waals surface area contributed by atoms with E-state index in [1.54, 1.807) is 30.3 Å². The fourth-order valence-corrected chi connectivity index (χ4v) is 1.68. The number of carbonyl (C=O) groups excluding carboxylic acids is 2. The van der Waals surface area contributed by atoms with Crippen molar-refractivity contribution in [3.8, 4) is 5.75 Å². The number of primary amides is 1. The highest BCUT2D eigenvalue weighted by molar-refractivity contribution is 5.86. The molecule has 0 aliphatic carbocycles. The summed E-state index contributed by atoms with van der Waals surface area (Å²) in [5.41, 5.74) is 7.71. The Balaban J connectivity index is 1.95. The average molecular weight is 317 g/mol. The van der Waals surface area contributed by atoms with E-state index in [9.17, 15) is 9.59 Å². The van der Waals surface area contributed by atoms with Crippen molar-refractivity contribution in [1.82, 2.24) is 5.43 Å². The maximum atomic E-state index is 11.3. The van der Waals surface area contributed by atoms with Gasteiger partial charge in [-0.2, -0.15) is 5.10 Å². The lowest BCUT2D eigenvalue weighted by atomic mass is 10.2. The lowest BCUT2D eigenvalue weighted by Crippen LogP contribution is -2.24. The predicted molar refractivity (Wildman–Crippen MR) is 81.1 cm³/mol. The van der Waals surface area contributed by atoms with Crippen molar-refractivity contribution in [2.24, 2.45) is 10.8 Å². The maximum Gasteiger partial charge on any atom is 0.373 e. The van der Waals surface area contributed by atoms with Crippen molar-refractivity contribution in [2.75, 3.05) is 7.11 Å². The van der Waals surface area contributed by atoms with Gasteiger partial charge in [0.15, 0.2) is 0 Å². The first-order chi connectivity index (χ1) is 11.1. The minimum Gasteiger partial charge on any atom is -0.486 e. The zero-order valence-corrected chi connectivity index (χ0v) is 12.3. The van der Waals surface area contributed by atoms with Gasteiger partial charge in [0, 0.05) is 0 Å². The van der Waals surface area contributed by atoms with E-state index in [1.165, 1.54) is 19.4 Å². The molecule has 1 aromatic carbocycles. The molecule has 0 saturated heterocycles. The number of nitrogens with zero attached hydrogens (tertiary/aromatic N) is 1. The molecule has 1 heterocycles. The molecule has 2 amide bonds. The van der Waals surface area contributed by atoms with E-state index < -0.39 is 12.0 Å². The summed E-state index contributed by atoms with van der Waals surface area (Å²) in [5.74, 6) is 0.629. The number of benzene rings is 1. The molecule has 120 valence electrons. The van der Waals surface area contributed by atoms with Crippen molar-refractivity contribution >= 4 is 18.2 Å². The number of hydrazone groups is 1. The average Bonchev–Trinajstić information content (AvgIpc) is 3.01. The Morgan fingerprint density at radius 3 is 2.91 bits per heavy atom. The van der Waals surface area contributed by atoms with Crippen LogP contribution in [0.4, 0.5) is 4.79 Å². The Morgan fingerprint density at radius 1 is 1.35 bits per heavy atom. The molecule has 1 aromatic heterocycles. The molecular weight excluding hydrogens is 302 g/mol. The molecule has 8 nitrogen and oxygen atoms in total. The van der Waals surface area contributed by atoms with Crippen LogP contribution in [0.2, 0.25) is 0 Å². The number of hydrogen-bond donors (Lipinski definition) is 2. The molecule has 0 radical (unpaired) electrons. The van der Waals surface area contributed by atoms with Gasteiger partial charge in [0.25, 0.3) is 0 Å². The summed E-state index contributed by atoms with van der Waals surface area (Å²) >= 11 is 0. The van der Waals surface area contributed by atoms with Gasteiger partial charge in [-0.25, -0.2) is 15.0 Å². The molecule has 23 heavy (non-hydrogen) atoms. The first-order valence-corrected chi connectivity index (χ1v) is 6.57. The summed E-state index contributed by atoms with van der Waals surface area (Å²) in [4.78, 5) is 21.8. The number of rotatable bonds is 6. The monoisotopic (exact) mass is 317 g/mol. The van der Waals surface area contributed by atoms with Gasteiger partial charge in [-0.1, -0.05) is 12.1 Å². The first-order valence-electron chi connectivity index (χ1n) is 6.57. The SMILES string of the molecule is COC(=O)c1ccc(COc2cccc(C=NNC(N)=O)c2)o1. The summed E-state index contributed by atoms with van der Waals surface area (Å²) in [6.45, 7) is 0.150. The fourth-order valence-electron chi connectivity index (χ4n) is 1.68. The van der Waals surface area contributed by atoms with E-state index in [-0.39, 0.29) is 12.4 Å². The number of methoxy groups -OCH3 is 1. The van der Waals surface area contributed by atoms with E-state index in [4.69, 9.17) is 14.9 Å².